The van der Waals surface area contributed by atoms with Crippen LogP contribution < -0.4 is 35.9 Å². The molecule has 7 heterocycles. The van der Waals surface area contributed by atoms with Gasteiger partial charge in [-0.2, -0.15) is 12.2 Å². The van der Waals surface area contributed by atoms with E-state index >= 15 is 0 Å². The van der Waals surface area contributed by atoms with Crippen molar-refractivity contribution in [2.24, 2.45) is 0 Å². The number of ether oxygens (including phenoxy) is 9. The molecule has 3 saturated heterocycles. The van der Waals surface area contributed by atoms with Gasteiger partial charge in [-0.3, -0.25) is 9.78 Å². The summed E-state index contributed by atoms with van der Waals surface area (Å²) in [4.78, 5) is 28.5. The molecule has 3 aliphatic heterocycles. The van der Waals surface area contributed by atoms with Gasteiger partial charge in [-0.15, -0.1) is 0 Å². The van der Waals surface area contributed by atoms with Crippen molar-refractivity contribution in [3.8, 4) is 29.3 Å². The second-order valence-corrected chi connectivity index (χ2v) is 11.5. The Morgan fingerprint density at radius 2 is 1.25 bits per heavy atom. The summed E-state index contributed by atoms with van der Waals surface area (Å²) in [6, 6.07) is 12.7. The molecule has 0 bridgehead atoms. The first-order valence-corrected chi connectivity index (χ1v) is 17.9. The van der Waals surface area contributed by atoms with Gasteiger partial charge in [-0.1, -0.05) is 19.1 Å². The van der Waals surface area contributed by atoms with Gasteiger partial charge in [-0.25, -0.2) is 15.0 Å². The number of aromatic nitrogens is 4. The monoisotopic (exact) mass is 861 g/mol. The fraction of sp³-hybridized carbons (Fsp3) is 0.425. The number of rotatable bonds is 12. The number of carbonyl (C=O) groups excluding carboxylic acids is 1. The second kappa shape index (κ2) is 27.6. The van der Waals surface area contributed by atoms with Gasteiger partial charge >= 0.3 is 23.1 Å². The predicted octanol–water partition coefficient (Wildman–Crippen LogP) is 2.94. The van der Waals surface area contributed by atoms with E-state index in [9.17, 15) is 4.79 Å². The largest absolute Gasteiger partial charge is 2.00 e. The summed E-state index contributed by atoms with van der Waals surface area (Å²) in [7, 11) is 3.08. The molecule has 0 aromatic carbocycles. The summed E-state index contributed by atoms with van der Waals surface area (Å²) in [5.41, 5.74) is 3.60. The number of ketones is 1. The Bertz CT molecular complexity index is 1810. The molecule has 0 unspecified atom stereocenters. The summed E-state index contributed by atoms with van der Waals surface area (Å²) in [6.07, 6.45) is 8.22. The van der Waals surface area contributed by atoms with Crippen LogP contribution in [0.3, 0.4) is 0 Å². The average Bonchev–Trinajstić information content (AvgIpc) is 4.10. The molecule has 0 saturated carbocycles. The number of nitrogens with zero attached hydrogens (tertiary/aromatic N) is 5. The molecule has 302 valence electrons. The topological polar surface area (TPSA) is 175 Å². The Kier molecular flexibility index (Phi) is 23.8. The average molecular weight is 863 g/mol. The molecule has 0 radical (unpaired) electrons. The third-order valence-electron chi connectivity index (χ3n) is 7.98. The van der Waals surface area contributed by atoms with Crippen molar-refractivity contribution < 1.29 is 64.4 Å². The van der Waals surface area contributed by atoms with E-state index in [1.165, 1.54) is 20.0 Å². The molecule has 0 amide bonds. The van der Waals surface area contributed by atoms with E-state index in [0.29, 0.717) is 84.2 Å². The van der Waals surface area contributed by atoms with Crippen LogP contribution in [-0.4, -0.2) is 103 Å². The van der Waals surface area contributed by atoms with E-state index in [-0.39, 0.29) is 59.0 Å². The Balaban J connectivity index is 0.000000327. The van der Waals surface area contributed by atoms with Gasteiger partial charge in [0.1, 0.15) is 42.2 Å². The summed E-state index contributed by atoms with van der Waals surface area (Å²) in [5, 5.41) is 9.07. The zero-order chi connectivity index (χ0) is 39.3. The Morgan fingerprint density at radius 1 is 0.772 bits per heavy atom. The van der Waals surface area contributed by atoms with Crippen molar-refractivity contribution >= 4 is 28.8 Å². The third-order valence-corrected chi connectivity index (χ3v) is 7.98. The predicted molar refractivity (Wildman–Crippen MR) is 204 cm³/mol. The standard InChI is InChI=1S/C18H20N2O5.C16H15N3O4.C4H8O.C2H5.BrH.Mg/c1-3-14(21)17-12(5-4-6-19-17)11-25-15-10-20-16(22-2)9-13(15)18-23-7-8-24-18;1-20-15-7-12(16-21-5-6-22-16)14(9-19-15)23-10-11-3-2-4-18-13(11)8-17;1-2-4-5-3-1;1-2;;/h4-6,9-10,18H,3,7-8,11H2,1-2H3;2-4,7,9,16H,5-6,10H2,1H3;1-4H2;1H2,2H3;1H;/q;;;-1;;+2/p-1. The van der Waals surface area contributed by atoms with Crippen LogP contribution in [0.4, 0.5) is 0 Å². The molecule has 3 fully saturated rings. The first-order chi connectivity index (χ1) is 27.0. The number of pyridine rings is 4. The van der Waals surface area contributed by atoms with Crippen LogP contribution in [0.1, 0.15) is 84.1 Å². The van der Waals surface area contributed by atoms with Gasteiger partial charge in [0.2, 0.25) is 11.8 Å². The SMILES string of the molecule is C1CCOC1.CCC(=O)c1ncccc1COc1cnc(OC)cc1C1OCCO1.COc1cc(C2OCCO2)c(OCc2cccnc2C#N)cn1.[Br-].[CH2-]C.[Mg+2]. The Morgan fingerprint density at radius 3 is 1.68 bits per heavy atom. The Hall–Kier alpha value is -3.99. The normalized spacial score (nSPS) is 14.4. The van der Waals surface area contributed by atoms with Crippen molar-refractivity contribution in [2.45, 2.75) is 58.9 Å². The molecule has 17 heteroatoms. The van der Waals surface area contributed by atoms with Crippen molar-refractivity contribution in [3.63, 3.8) is 0 Å². The van der Waals surface area contributed by atoms with Crippen molar-refractivity contribution in [1.29, 1.82) is 5.26 Å². The van der Waals surface area contributed by atoms with Gasteiger partial charge in [0, 0.05) is 55.3 Å². The minimum atomic E-state index is -0.516. The van der Waals surface area contributed by atoms with Gasteiger partial charge in [0.25, 0.3) is 0 Å². The number of hydrogen-bond acceptors (Lipinski definition) is 15. The second-order valence-electron chi connectivity index (χ2n) is 11.5. The molecule has 3 aliphatic rings. The molecule has 4 aromatic rings. The van der Waals surface area contributed by atoms with Gasteiger partial charge in [0.05, 0.1) is 64.2 Å². The van der Waals surface area contributed by atoms with Gasteiger partial charge in [0.15, 0.2) is 18.4 Å². The van der Waals surface area contributed by atoms with Crippen molar-refractivity contribution in [1.82, 2.24) is 19.9 Å². The van der Waals surface area contributed by atoms with Crippen LogP contribution in [0.5, 0.6) is 23.3 Å². The fourth-order valence-corrected chi connectivity index (χ4v) is 5.24. The minimum Gasteiger partial charge on any atom is -1.00 e. The molecular weight excluding hydrogens is 815 g/mol. The molecule has 0 atom stereocenters. The smallest absolute Gasteiger partial charge is 1.00 e. The van der Waals surface area contributed by atoms with Gasteiger partial charge in [-0.05, 0) is 25.0 Å². The summed E-state index contributed by atoms with van der Waals surface area (Å²) < 4.78 is 49.1. The zero-order valence-electron chi connectivity index (χ0n) is 32.8. The van der Waals surface area contributed by atoms with E-state index in [1.807, 2.05) is 19.1 Å². The molecule has 4 aromatic heterocycles. The van der Waals surface area contributed by atoms with Crippen LogP contribution in [0.15, 0.2) is 61.2 Å². The maximum atomic E-state index is 12.0. The first kappa shape index (κ1) is 49.2. The van der Waals surface area contributed by atoms with E-state index in [4.69, 9.17) is 47.9 Å². The Labute approximate surface area is 360 Å². The van der Waals surface area contributed by atoms with E-state index < -0.39 is 12.6 Å². The summed E-state index contributed by atoms with van der Waals surface area (Å²) in [6.45, 7) is 11.3. The van der Waals surface area contributed by atoms with Crippen molar-refractivity contribution in [2.75, 3.05) is 53.9 Å². The number of hydrogen-bond donors (Lipinski definition) is 0. The molecule has 57 heavy (non-hydrogen) atoms. The molecule has 0 aliphatic carbocycles. The number of carbonyl (C=O) groups is 1. The molecular formula is C40H48BrMgN5O10. The molecule has 0 spiro atoms. The van der Waals surface area contributed by atoms with E-state index in [2.05, 4.69) is 26.9 Å². The molecule has 0 N–H and O–H groups in total. The van der Waals surface area contributed by atoms with Crippen molar-refractivity contribution in [3.05, 3.63) is 102 Å². The number of Topliss-reactive ketones (excluding diaryl/α,β-unsaturated/α-hetero) is 1. The van der Waals surface area contributed by atoms with Crippen LogP contribution in [-0.2, 0) is 36.9 Å². The first-order valence-electron chi connectivity index (χ1n) is 17.9. The maximum absolute atomic E-state index is 12.0. The number of methoxy groups -OCH3 is 2. The third kappa shape index (κ3) is 15.0. The maximum Gasteiger partial charge on any atom is 2.00 e. The van der Waals surface area contributed by atoms with Crippen LogP contribution in [0.2, 0.25) is 0 Å². The van der Waals surface area contributed by atoms with E-state index in [1.54, 1.807) is 69.2 Å². The summed E-state index contributed by atoms with van der Waals surface area (Å²) in [5.74, 6) is 1.92. The summed E-state index contributed by atoms with van der Waals surface area (Å²) >= 11 is 0. The van der Waals surface area contributed by atoms with Crippen LogP contribution >= 0.6 is 0 Å². The van der Waals surface area contributed by atoms with E-state index in [0.717, 1.165) is 18.8 Å². The quantitative estimate of drug-likeness (QED) is 0.115. The fourth-order valence-electron chi connectivity index (χ4n) is 5.24. The van der Waals surface area contributed by atoms with Gasteiger partial charge < -0.3 is 66.5 Å². The molecule has 15 nitrogen and oxygen atoms in total. The zero-order valence-corrected chi connectivity index (χ0v) is 35.8. The number of halogens is 1. The minimum absolute atomic E-state index is 0. The number of nitriles is 1. The van der Waals surface area contributed by atoms with Crippen LogP contribution in [0, 0.1) is 18.3 Å². The molecule has 7 rings (SSSR count). The van der Waals surface area contributed by atoms with Crippen LogP contribution in [0.25, 0.3) is 0 Å².